The van der Waals surface area contributed by atoms with Crippen molar-refractivity contribution in [3.8, 4) is 11.6 Å². The summed E-state index contributed by atoms with van der Waals surface area (Å²) in [5, 5.41) is 0. The second-order valence-corrected chi connectivity index (χ2v) is 8.78. The van der Waals surface area contributed by atoms with Crippen LogP contribution in [0.15, 0.2) is 0 Å². The van der Waals surface area contributed by atoms with Crippen molar-refractivity contribution in [1.29, 1.82) is 0 Å². The first kappa shape index (κ1) is 12.1. The van der Waals surface area contributed by atoms with E-state index in [0.29, 0.717) is 13.2 Å². The van der Waals surface area contributed by atoms with E-state index in [1.54, 1.807) is 0 Å². The number of carbonyl (C=O) groups is 1. The normalized spacial score (nSPS) is 15.9. The minimum Gasteiger partial charge on any atom is -0.447 e. The van der Waals surface area contributed by atoms with E-state index >= 15 is 0 Å². The van der Waals surface area contributed by atoms with Crippen LogP contribution in [-0.2, 0) is 4.74 Å². The molecule has 4 heteroatoms. The third-order valence-corrected chi connectivity index (χ3v) is 7.95. The highest BCUT2D eigenvalue weighted by Gasteiger charge is 2.26. The van der Waals surface area contributed by atoms with Crippen molar-refractivity contribution in [2.75, 3.05) is 13.2 Å². The number of hydrogen-bond donors (Lipinski definition) is 0. The number of nitrogens with zero attached hydrogens (tertiary/aromatic N) is 1. The summed E-state index contributed by atoms with van der Waals surface area (Å²) in [7, 11) is -1.43. The van der Waals surface area contributed by atoms with Gasteiger partial charge in [-0.2, -0.15) is 0 Å². The standard InChI is InChI=1S/C11H19NO2Si/c1-4-15(5-2,6-3)10-8-12-7-9-14-11(12)13/h4-7,9H2,1-3H3. The molecule has 0 atom stereocenters. The summed E-state index contributed by atoms with van der Waals surface area (Å²) in [6.45, 7) is 7.71. The Hall–Kier alpha value is -0.953. The Bertz CT molecular complexity index is 280. The molecule has 0 aromatic heterocycles. The molecule has 0 saturated carbocycles. The lowest BCUT2D eigenvalue weighted by Gasteiger charge is -2.20. The first-order valence-corrected chi connectivity index (χ1v) is 8.26. The van der Waals surface area contributed by atoms with E-state index in [2.05, 4.69) is 32.4 Å². The van der Waals surface area contributed by atoms with Gasteiger partial charge in [-0.1, -0.05) is 20.8 Å². The summed E-state index contributed by atoms with van der Waals surface area (Å²) in [5.41, 5.74) is 3.37. The van der Waals surface area contributed by atoms with Crippen LogP contribution < -0.4 is 0 Å². The second-order valence-electron chi connectivity index (χ2n) is 3.84. The summed E-state index contributed by atoms with van der Waals surface area (Å²) in [4.78, 5) is 12.7. The van der Waals surface area contributed by atoms with Crippen molar-refractivity contribution in [1.82, 2.24) is 4.90 Å². The lowest BCUT2D eigenvalue weighted by atomic mass is 10.7. The zero-order valence-corrected chi connectivity index (χ0v) is 10.8. The maximum absolute atomic E-state index is 11.2. The van der Waals surface area contributed by atoms with Crippen LogP contribution in [0.3, 0.4) is 0 Å². The van der Waals surface area contributed by atoms with E-state index < -0.39 is 8.07 Å². The Kier molecular flexibility index (Phi) is 4.22. The fourth-order valence-electron chi connectivity index (χ4n) is 1.70. The molecule has 0 N–H and O–H groups in total. The Morgan fingerprint density at radius 1 is 1.33 bits per heavy atom. The Morgan fingerprint density at radius 3 is 2.33 bits per heavy atom. The molecule has 1 heterocycles. The van der Waals surface area contributed by atoms with Gasteiger partial charge in [-0.3, -0.25) is 0 Å². The molecular formula is C11H19NO2Si. The Morgan fingerprint density at radius 2 is 1.93 bits per heavy atom. The third-order valence-electron chi connectivity index (χ3n) is 3.25. The molecule has 1 saturated heterocycles. The van der Waals surface area contributed by atoms with E-state index in [9.17, 15) is 4.79 Å². The first-order valence-electron chi connectivity index (χ1n) is 5.64. The molecule has 84 valence electrons. The Labute approximate surface area is 92.8 Å². The van der Waals surface area contributed by atoms with Crippen LogP contribution in [0.1, 0.15) is 20.8 Å². The molecule has 0 bridgehead atoms. The lowest BCUT2D eigenvalue weighted by Crippen LogP contribution is -2.30. The minimum absolute atomic E-state index is 0.284. The smallest absolute Gasteiger partial charge is 0.421 e. The van der Waals surface area contributed by atoms with Gasteiger partial charge in [0.2, 0.25) is 0 Å². The minimum atomic E-state index is -1.43. The molecular weight excluding hydrogens is 206 g/mol. The van der Waals surface area contributed by atoms with Crippen LogP contribution >= 0.6 is 0 Å². The highest BCUT2D eigenvalue weighted by molar-refractivity contribution is 6.87. The van der Waals surface area contributed by atoms with Crippen molar-refractivity contribution in [2.24, 2.45) is 0 Å². The number of carbonyl (C=O) groups excluding carboxylic acids is 1. The van der Waals surface area contributed by atoms with E-state index in [4.69, 9.17) is 4.74 Å². The largest absolute Gasteiger partial charge is 0.447 e. The van der Waals surface area contributed by atoms with E-state index in [1.165, 1.54) is 4.90 Å². The van der Waals surface area contributed by atoms with Gasteiger partial charge in [0.1, 0.15) is 14.7 Å². The summed E-state index contributed by atoms with van der Waals surface area (Å²) < 4.78 is 4.83. The van der Waals surface area contributed by atoms with E-state index in [0.717, 1.165) is 18.1 Å². The second kappa shape index (κ2) is 5.22. The molecule has 0 aliphatic carbocycles. The fraction of sp³-hybridized carbons (Fsp3) is 0.727. The lowest BCUT2D eigenvalue weighted by molar-refractivity contribution is 0.167. The molecule has 15 heavy (non-hydrogen) atoms. The average molecular weight is 225 g/mol. The molecule has 0 radical (unpaired) electrons. The molecule has 0 aromatic carbocycles. The fourth-order valence-corrected chi connectivity index (χ4v) is 4.10. The van der Waals surface area contributed by atoms with Gasteiger partial charge < -0.3 is 4.74 Å². The number of amides is 1. The van der Waals surface area contributed by atoms with E-state index in [1.807, 2.05) is 0 Å². The predicted octanol–water partition coefficient (Wildman–Crippen LogP) is 2.45. The van der Waals surface area contributed by atoms with Crippen LogP contribution in [0, 0.1) is 11.6 Å². The van der Waals surface area contributed by atoms with Gasteiger partial charge in [0.05, 0.1) is 6.54 Å². The topological polar surface area (TPSA) is 29.5 Å². The summed E-state index contributed by atoms with van der Waals surface area (Å²) in [6.07, 6.45) is -0.284. The first-order chi connectivity index (χ1) is 7.17. The van der Waals surface area contributed by atoms with E-state index in [-0.39, 0.29) is 6.09 Å². The molecule has 1 amide bonds. The Balaban J connectivity index is 2.72. The van der Waals surface area contributed by atoms with Crippen LogP contribution in [0.5, 0.6) is 0 Å². The number of cyclic esters (lactones) is 1. The highest BCUT2D eigenvalue weighted by atomic mass is 28.3. The van der Waals surface area contributed by atoms with Crippen molar-refractivity contribution in [3.63, 3.8) is 0 Å². The van der Waals surface area contributed by atoms with Crippen molar-refractivity contribution < 1.29 is 9.53 Å². The summed E-state index contributed by atoms with van der Waals surface area (Å²) >= 11 is 0. The van der Waals surface area contributed by atoms with Gasteiger partial charge in [-0.25, -0.2) is 9.69 Å². The van der Waals surface area contributed by atoms with Crippen LogP contribution in [0.4, 0.5) is 4.79 Å². The number of rotatable bonds is 3. The predicted molar refractivity (Wildman–Crippen MR) is 63.0 cm³/mol. The maximum Gasteiger partial charge on any atom is 0.421 e. The van der Waals surface area contributed by atoms with Crippen LogP contribution in [-0.4, -0.2) is 32.2 Å². The van der Waals surface area contributed by atoms with Gasteiger partial charge in [0.25, 0.3) is 0 Å². The van der Waals surface area contributed by atoms with Crippen molar-refractivity contribution >= 4 is 14.2 Å². The molecule has 0 aromatic rings. The molecule has 1 aliphatic rings. The van der Waals surface area contributed by atoms with Gasteiger partial charge in [-0.05, 0) is 18.1 Å². The SMILES string of the molecule is CC[Si](C#CN1CCOC1=O)(CC)CC. The van der Waals surface area contributed by atoms with Gasteiger partial charge in [0.15, 0.2) is 0 Å². The van der Waals surface area contributed by atoms with Gasteiger partial charge in [0, 0.05) is 6.04 Å². The monoisotopic (exact) mass is 225 g/mol. The maximum atomic E-state index is 11.2. The third kappa shape index (κ3) is 2.75. The van der Waals surface area contributed by atoms with Gasteiger partial charge >= 0.3 is 6.09 Å². The zero-order chi connectivity index (χ0) is 11.3. The number of hydrogen-bond acceptors (Lipinski definition) is 2. The quantitative estimate of drug-likeness (QED) is 0.545. The van der Waals surface area contributed by atoms with Crippen LogP contribution in [0.25, 0.3) is 0 Å². The van der Waals surface area contributed by atoms with Crippen molar-refractivity contribution in [3.05, 3.63) is 0 Å². The number of ether oxygens (including phenoxy) is 1. The molecule has 0 spiro atoms. The molecule has 1 fully saturated rings. The average Bonchev–Trinajstić information content (AvgIpc) is 2.67. The van der Waals surface area contributed by atoms with Gasteiger partial charge in [-0.15, -0.1) is 5.54 Å². The summed E-state index contributed by atoms with van der Waals surface area (Å²) in [5.74, 6) is 0. The van der Waals surface area contributed by atoms with Crippen molar-refractivity contribution in [2.45, 2.75) is 38.9 Å². The highest BCUT2D eigenvalue weighted by Crippen LogP contribution is 2.18. The molecule has 0 unspecified atom stereocenters. The molecule has 3 nitrogen and oxygen atoms in total. The zero-order valence-electron chi connectivity index (χ0n) is 9.80. The van der Waals surface area contributed by atoms with Crippen LogP contribution in [0.2, 0.25) is 18.1 Å². The molecule has 1 aliphatic heterocycles. The summed E-state index contributed by atoms with van der Waals surface area (Å²) in [6, 6.07) is 6.48. The molecule has 1 rings (SSSR count).